The van der Waals surface area contributed by atoms with Gasteiger partial charge in [0.1, 0.15) is 11.3 Å². The first-order valence-electron chi connectivity index (χ1n) is 9.75. The van der Waals surface area contributed by atoms with Gasteiger partial charge in [0.05, 0.1) is 30.2 Å². The second kappa shape index (κ2) is 7.71. The van der Waals surface area contributed by atoms with Crippen LogP contribution in [0.5, 0.6) is 0 Å². The molecule has 0 aromatic heterocycles. The van der Waals surface area contributed by atoms with E-state index in [0.29, 0.717) is 5.06 Å². The monoisotopic (exact) mass is 418 g/mol. The third-order valence-corrected chi connectivity index (χ3v) is 4.80. The Hall–Kier alpha value is -2.94. The summed E-state index contributed by atoms with van der Waals surface area (Å²) in [6.45, 7) is 9.02. The van der Waals surface area contributed by atoms with Gasteiger partial charge in [-0.2, -0.15) is 0 Å². The van der Waals surface area contributed by atoms with Crippen molar-refractivity contribution in [2.24, 2.45) is 0 Å². The number of carbonyl (C=O) groups is 4. The number of amides is 3. The molecular weight excluding hydrogens is 392 g/mol. The van der Waals surface area contributed by atoms with Gasteiger partial charge in [0.25, 0.3) is 11.8 Å². The molecule has 30 heavy (non-hydrogen) atoms. The van der Waals surface area contributed by atoms with Crippen LogP contribution in [0.15, 0.2) is 24.3 Å². The minimum Gasteiger partial charge on any atom is -0.444 e. The van der Waals surface area contributed by atoms with Gasteiger partial charge in [0.15, 0.2) is 0 Å². The van der Waals surface area contributed by atoms with Crippen molar-refractivity contribution in [1.82, 2.24) is 9.96 Å². The molecule has 0 saturated carbocycles. The molecule has 0 unspecified atom stereocenters. The molecule has 1 atom stereocenters. The van der Waals surface area contributed by atoms with Crippen molar-refractivity contribution < 1.29 is 33.5 Å². The molecule has 1 aromatic rings. The van der Waals surface area contributed by atoms with E-state index >= 15 is 0 Å². The molecule has 0 spiro atoms. The standard InChI is InChI=1S/C21H26N2O7/c1-20(2,3)29-19(27)22-13(12-28-21(22,4)5)10-11-16(24)30-23-17(25)14-8-6-7-9-15(14)18(23)26/h6-9,13H,10-12H2,1-5H3/t13-/m1/s1. The van der Waals surface area contributed by atoms with E-state index in [9.17, 15) is 19.2 Å². The Bertz CT molecular complexity index is 853. The highest BCUT2D eigenvalue weighted by atomic mass is 16.7. The number of ether oxygens (including phenoxy) is 2. The molecule has 9 nitrogen and oxygen atoms in total. The second-order valence-electron chi connectivity index (χ2n) is 8.71. The smallest absolute Gasteiger partial charge is 0.412 e. The van der Waals surface area contributed by atoms with Crippen LogP contribution in [0.25, 0.3) is 0 Å². The van der Waals surface area contributed by atoms with Gasteiger partial charge in [-0.05, 0) is 53.2 Å². The van der Waals surface area contributed by atoms with Crippen molar-refractivity contribution in [1.29, 1.82) is 0 Å². The number of hydrogen-bond donors (Lipinski definition) is 0. The Morgan fingerprint density at radius 2 is 1.70 bits per heavy atom. The van der Waals surface area contributed by atoms with Crippen molar-refractivity contribution in [3.05, 3.63) is 35.4 Å². The van der Waals surface area contributed by atoms with Crippen LogP contribution in [0.4, 0.5) is 4.79 Å². The maximum Gasteiger partial charge on any atom is 0.412 e. The number of hydroxylamine groups is 2. The largest absolute Gasteiger partial charge is 0.444 e. The molecule has 1 aromatic carbocycles. The third kappa shape index (κ3) is 4.30. The Morgan fingerprint density at radius 3 is 2.23 bits per heavy atom. The zero-order valence-electron chi connectivity index (χ0n) is 17.8. The van der Waals surface area contributed by atoms with Gasteiger partial charge in [-0.3, -0.25) is 14.5 Å². The van der Waals surface area contributed by atoms with Crippen LogP contribution in [0, 0.1) is 0 Å². The van der Waals surface area contributed by atoms with Gasteiger partial charge in [-0.25, -0.2) is 9.59 Å². The van der Waals surface area contributed by atoms with Gasteiger partial charge in [0, 0.05) is 0 Å². The van der Waals surface area contributed by atoms with E-state index in [0.717, 1.165) is 0 Å². The van der Waals surface area contributed by atoms with Crippen molar-refractivity contribution in [3.8, 4) is 0 Å². The quantitative estimate of drug-likeness (QED) is 0.693. The fourth-order valence-corrected chi connectivity index (χ4v) is 3.46. The predicted molar refractivity (Wildman–Crippen MR) is 104 cm³/mol. The molecule has 0 bridgehead atoms. The molecule has 2 aliphatic heterocycles. The van der Waals surface area contributed by atoms with Crippen LogP contribution in [0.2, 0.25) is 0 Å². The van der Waals surface area contributed by atoms with Crippen molar-refractivity contribution in [2.75, 3.05) is 6.61 Å². The molecule has 0 N–H and O–H groups in total. The summed E-state index contributed by atoms with van der Waals surface area (Å²) >= 11 is 0. The van der Waals surface area contributed by atoms with Crippen LogP contribution in [-0.4, -0.2) is 57.8 Å². The van der Waals surface area contributed by atoms with Crippen LogP contribution in [0.1, 0.15) is 68.2 Å². The molecule has 9 heteroatoms. The van der Waals surface area contributed by atoms with Gasteiger partial charge in [-0.1, -0.05) is 17.2 Å². The van der Waals surface area contributed by atoms with Crippen molar-refractivity contribution in [3.63, 3.8) is 0 Å². The van der Waals surface area contributed by atoms with E-state index in [1.807, 2.05) is 0 Å². The zero-order chi connectivity index (χ0) is 22.3. The molecule has 3 rings (SSSR count). The predicted octanol–water partition coefficient (Wildman–Crippen LogP) is 2.89. The first kappa shape index (κ1) is 21.8. The lowest BCUT2D eigenvalue weighted by atomic mass is 10.1. The summed E-state index contributed by atoms with van der Waals surface area (Å²) in [5.74, 6) is -2.10. The van der Waals surface area contributed by atoms with E-state index in [4.69, 9.17) is 14.3 Å². The normalized spacial score (nSPS) is 20.4. The lowest BCUT2D eigenvalue weighted by molar-refractivity contribution is -0.168. The maximum atomic E-state index is 12.6. The number of fused-ring (bicyclic) bond motifs is 1. The van der Waals surface area contributed by atoms with E-state index in [1.165, 1.54) is 17.0 Å². The van der Waals surface area contributed by atoms with Crippen molar-refractivity contribution in [2.45, 2.75) is 64.8 Å². The average molecular weight is 418 g/mol. The highest BCUT2D eigenvalue weighted by Gasteiger charge is 2.46. The van der Waals surface area contributed by atoms with Crippen LogP contribution in [-0.2, 0) is 19.1 Å². The SMILES string of the molecule is CC(C)(C)OC(=O)N1[C@H](CCC(=O)ON2C(=O)c3ccccc3C2=O)COC1(C)C. The molecule has 162 valence electrons. The lowest BCUT2D eigenvalue weighted by Crippen LogP contribution is -2.50. The summed E-state index contributed by atoms with van der Waals surface area (Å²) in [6, 6.07) is 5.84. The van der Waals surface area contributed by atoms with Crippen LogP contribution >= 0.6 is 0 Å². The summed E-state index contributed by atoms with van der Waals surface area (Å²) in [6.07, 6.45) is -0.426. The molecule has 2 heterocycles. The summed E-state index contributed by atoms with van der Waals surface area (Å²) < 4.78 is 11.2. The summed E-state index contributed by atoms with van der Waals surface area (Å²) in [5.41, 5.74) is -1.18. The highest BCUT2D eigenvalue weighted by Crippen LogP contribution is 2.31. The Kier molecular flexibility index (Phi) is 5.60. The number of rotatable bonds is 4. The minimum atomic E-state index is -0.889. The molecule has 0 radical (unpaired) electrons. The molecule has 3 amide bonds. The van der Waals surface area contributed by atoms with E-state index in [2.05, 4.69) is 0 Å². The van der Waals surface area contributed by atoms with Gasteiger partial charge in [0.2, 0.25) is 0 Å². The molecule has 2 aliphatic rings. The second-order valence-corrected chi connectivity index (χ2v) is 8.71. The van der Waals surface area contributed by atoms with Crippen LogP contribution in [0.3, 0.4) is 0 Å². The molecular formula is C21H26N2O7. The lowest BCUT2D eigenvalue weighted by Gasteiger charge is -2.35. The first-order chi connectivity index (χ1) is 13.9. The van der Waals surface area contributed by atoms with E-state index < -0.39 is 41.2 Å². The fourth-order valence-electron chi connectivity index (χ4n) is 3.46. The number of carbonyl (C=O) groups excluding carboxylic acids is 4. The fraction of sp³-hybridized carbons (Fsp3) is 0.524. The van der Waals surface area contributed by atoms with Crippen molar-refractivity contribution >= 4 is 23.9 Å². The van der Waals surface area contributed by atoms with Gasteiger partial charge >= 0.3 is 12.1 Å². The Balaban J connectivity index is 1.61. The first-order valence-corrected chi connectivity index (χ1v) is 9.75. The number of benzene rings is 1. The summed E-state index contributed by atoms with van der Waals surface area (Å²) in [7, 11) is 0. The molecule has 0 aliphatic carbocycles. The summed E-state index contributed by atoms with van der Waals surface area (Å²) in [5, 5.41) is 0.480. The Morgan fingerprint density at radius 1 is 1.13 bits per heavy atom. The summed E-state index contributed by atoms with van der Waals surface area (Å²) in [4.78, 5) is 56.0. The minimum absolute atomic E-state index is 0.114. The van der Waals surface area contributed by atoms with Gasteiger partial charge in [-0.15, -0.1) is 0 Å². The Labute approximate surface area is 174 Å². The number of imide groups is 1. The molecule has 1 fully saturated rings. The maximum absolute atomic E-state index is 12.6. The van der Waals surface area contributed by atoms with E-state index in [-0.39, 0.29) is 30.6 Å². The van der Waals surface area contributed by atoms with E-state index in [1.54, 1.807) is 46.8 Å². The van der Waals surface area contributed by atoms with Gasteiger partial charge < -0.3 is 14.3 Å². The molecule has 1 saturated heterocycles. The number of nitrogens with zero attached hydrogens (tertiary/aromatic N) is 2. The topological polar surface area (TPSA) is 102 Å². The van der Waals surface area contributed by atoms with Crippen LogP contribution < -0.4 is 0 Å². The average Bonchev–Trinajstić information content (AvgIpc) is 3.07. The number of hydrogen-bond acceptors (Lipinski definition) is 7. The zero-order valence-corrected chi connectivity index (χ0v) is 17.8. The highest BCUT2D eigenvalue weighted by molar-refractivity contribution is 6.20. The third-order valence-electron chi connectivity index (χ3n) is 4.80.